The molecule has 0 saturated heterocycles. The van der Waals surface area contributed by atoms with Gasteiger partial charge in [0.05, 0.1) is 13.7 Å². The molecule has 0 radical (unpaired) electrons. The minimum atomic E-state index is -1.74. The van der Waals surface area contributed by atoms with Crippen LogP contribution in [0.2, 0.25) is 0 Å². The lowest BCUT2D eigenvalue weighted by molar-refractivity contribution is -0.150. The Labute approximate surface area is 166 Å². The summed E-state index contributed by atoms with van der Waals surface area (Å²) in [6.45, 7) is 5.47. The first kappa shape index (κ1) is 21.0. The van der Waals surface area contributed by atoms with E-state index in [0.717, 1.165) is 0 Å². The summed E-state index contributed by atoms with van der Waals surface area (Å²) in [6.07, 6.45) is 0. The van der Waals surface area contributed by atoms with Gasteiger partial charge in [0, 0.05) is 17.8 Å². The van der Waals surface area contributed by atoms with Crippen LogP contribution in [0.3, 0.4) is 0 Å². The second-order valence-corrected chi connectivity index (χ2v) is 6.05. The molecule has 0 fully saturated rings. The molecule has 5 heteroatoms. The highest BCUT2D eigenvalue weighted by atomic mass is 16.5. The van der Waals surface area contributed by atoms with E-state index in [1.165, 1.54) is 6.92 Å². The Morgan fingerprint density at radius 1 is 1.04 bits per heavy atom. The van der Waals surface area contributed by atoms with E-state index in [1.54, 1.807) is 43.2 Å². The largest absolute Gasteiger partial charge is 0.497 e. The first-order chi connectivity index (χ1) is 13.5. The number of ketones is 1. The van der Waals surface area contributed by atoms with Crippen molar-refractivity contribution < 1.29 is 19.1 Å². The second kappa shape index (κ2) is 9.61. The van der Waals surface area contributed by atoms with Gasteiger partial charge >= 0.3 is 5.97 Å². The van der Waals surface area contributed by atoms with Crippen LogP contribution in [-0.4, -0.2) is 37.6 Å². The lowest BCUT2D eigenvalue weighted by Gasteiger charge is -2.37. The Morgan fingerprint density at radius 2 is 1.68 bits per heavy atom. The van der Waals surface area contributed by atoms with E-state index in [1.807, 2.05) is 37.3 Å². The van der Waals surface area contributed by atoms with Crippen molar-refractivity contribution in [3.63, 3.8) is 0 Å². The van der Waals surface area contributed by atoms with Crippen LogP contribution in [0.25, 0.3) is 0 Å². The predicted octanol–water partition coefficient (Wildman–Crippen LogP) is 3.46. The van der Waals surface area contributed by atoms with Gasteiger partial charge in [0.1, 0.15) is 5.75 Å². The maximum atomic E-state index is 13.0. The van der Waals surface area contributed by atoms with Gasteiger partial charge in [-0.3, -0.25) is 4.79 Å². The van der Waals surface area contributed by atoms with Gasteiger partial charge in [-0.15, -0.1) is 0 Å². The molecule has 0 aliphatic heterocycles. The van der Waals surface area contributed by atoms with Crippen LogP contribution in [0.5, 0.6) is 5.75 Å². The van der Waals surface area contributed by atoms with Gasteiger partial charge in [-0.2, -0.15) is 0 Å². The van der Waals surface area contributed by atoms with Gasteiger partial charge in [-0.25, -0.2) is 4.79 Å². The highest BCUT2D eigenvalue weighted by Crippen LogP contribution is 2.28. The molecule has 0 heterocycles. The Morgan fingerprint density at radius 3 is 2.18 bits per heavy atom. The smallest absolute Gasteiger partial charge is 0.352 e. The monoisotopic (exact) mass is 379 g/mol. The number of nitrogens with zero attached hydrogens (tertiary/aromatic N) is 1. The molecule has 0 aliphatic rings. The van der Waals surface area contributed by atoms with Gasteiger partial charge in [0.15, 0.2) is 5.78 Å². The summed E-state index contributed by atoms with van der Waals surface area (Å²) in [7, 11) is 1.58. The van der Waals surface area contributed by atoms with E-state index >= 15 is 0 Å². The molecule has 1 unspecified atom stereocenters. The molecule has 2 aromatic rings. The zero-order valence-electron chi connectivity index (χ0n) is 16.7. The Balaban J connectivity index is 2.64. The number of hydrogen-bond donors (Lipinski definition) is 0. The van der Waals surface area contributed by atoms with Crippen molar-refractivity contribution in [2.24, 2.45) is 0 Å². The number of methoxy groups -OCH3 is 1. The number of carbonyl (C=O) groups is 2. The third kappa shape index (κ3) is 4.34. The topological polar surface area (TPSA) is 55.8 Å². The number of likely N-dealkylation sites (N-methyl/N-ethyl adjacent to an activating group) is 1. The standard InChI is InChI=1S/C23H25NO4/c1-5-24(20-12-14-21(27-4)15-13-20)23(18(3)25,22(26)28-6-2)17-16-19-10-8-7-9-11-19/h7-15H,5-6H2,1-4H3. The van der Waals surface area contributed by atoms with Gasteiger partial charge in [-0.1, -0.05) is 24.1 Å². The highest BCUT2D eigenvalue weighted by Gasteiger charge is 2.49. The van der Waals surface area contributed by atoms with E-state index < -0.39 is 17.3 Å². The number of benzene rings is 2. The molecular weight excluding hydrogens is 354 g/mol. The first-order valence-corrected chi connectivity index (χ1v) is 9.17. The van der Waals surface area contributed by atoms with Gasteiger partial charge < -0.3 is 14.4 Å². The molecule has 0 bridgehead atoms. The highest BCUT2D eigenvalue weighted by molar-refractivity contribution is 6.14. The number of ether oxygens (including phenoxy) is 2. The van der Waals surface area contributed by atoms with Crippen molar-refractivity contribution in [1.29, 1.82) is 0 Å². The van der Waals surface area contributed by atoms with Crippen LogP contribution >= 0.6 is 0 Å². The molecule has 0 N–H and O–H groups in total. The SMILES string of the molecule is CCOC(=O)C(C#Cc1ccccc1)(C(C)=O)N(CC)c1ccc(OC)cc1. The lowest BCUT2D eigenvalue weighted by Crippen LogP contribution is -2.60. The number of Topliss-reactive ketones (excluding diaryl/α,β-unsaturated/α-hetero) is 1. The van der Waals surface area contributed by atoms with Crippen LogP contribution in [0.1, 0.15) is 26.3 Å². The van der Waals surface area contributed by atoms with Gasteiger partial charge in [0.2, 0.25) is 0 Å². The van der Waals surface area contributed by atoms with Gasteiger partial charge in [-0.05, 0) is 63.1 Å². The van der Waals surface area contributed by atoms with Crippen molar-refractivity contribution in [2.45, 2.75) is 26.3 Å². The summed E-state index contributed by atoms with van der Waals surface area (Å²) in [4.78, 5) is 27.5. The van der Waals surface area contributed by atoms with Crippen molar-refractivity contribution >= 4 is 17.4 Å². The summed E-state index contributed by atoms with van der Waals surface area (Å²) in [5, 5.41) is 0. The normalized spacial score (nSPS) is 12.1. The Hall–Kier alpha value is -3.26. The van der Waals surface area contributed by atoms with Crippen LogP contribution in [0, 0.1) is 11.8 Å². The molecule has 0 amide bonds. The molecule has 0 aromatic heterocycles. The zero-order valence-corrected chi connectivity index (χ0v) is 16.7. The van der Waals surface area contributed by atoms with Crippen LogP contribution in [0.15, 0.2) is 54.6 Å². The molecule has 5 nitrogen and oxygen atoms in total. The fraction of sp³-hybridized carbons (Fsp3) is 0.304. The minimum Gasteiger partial charge on any atom is -0.497 e. The van der Waals surface area contributed by atoms with E-state index in [4.69, 9.17) is 9.47 Å². The molecule has 2 rings (SSSR count). The molecule has 28 heavy (non-hydrogen) atoms. The molecule has 1 atom stereocenters. The third-order valence-corrected chi connectivity index (χ3v) is 4.35. The lowest BCUT2D eigenvalue weighted by atomic mass is 9.91. The second-order valence-electron chi connectivity index (χ2n) is 6.05. The summed E-state index contributed by atoms with van der Waals surface area (Å²) in [5.41, 5.74) is -0.355. The number of hydrogen-bond acceptors (Lipinski definition) is 5. The quantitative estimate of drug-likeness (QED) is 0.419. The number of esters is 1. The molecule has 2 aromatic carbocycles. The fourth-order valence-electron chi connectivity index (χ4n) is 2.95. The predicted molar refractivity (Wildman–Crippen MR) is 109 cm³/mol. The molecule has 0 aliphatic carbocycles. The van der Waals surface area contributed by atoms with Crippen molar-refractivity contribution in [3.8, 4) is 17.6 Å². The maximum absolute atomic E-state index is 13.0. The van der Waals surface area contributed by atoms with E-state index in [2.05, 4.69) is 11.8 Å². The van der Waals surface area contributed by atoms with Crippen LogP contribution < -0.4 is 9.64 Å². The average Bonchev–Trinajstić information content (AvgIpc) is 2.72. The molecule has 0 spiro atoms. The third-order valence-electron chi connectivity index (χ3n) is 4.35. The van der Waals surface area contributed by atoms with E-state index in [9.17, 15) is 9.59 Å². The average molecular weight is 379 g/mol. The fourth-order valence-corrected chi connectivity index (χ4v) is 2.95. The van der Waals surface area contributed by atoms with Crippen LogP contribution in [0.4, 0.5) is 5.69 Å². The molecular formula is C23H25NO4. The first-order valence-electron chi connectivity index (χ1n) is 9.17. The van der Waals surface area contributed by atoms with Gasteiger partial charge in [0.25, 0.3) is 5.54 Å². The summed E-state index contributed by atoms with van der Waals surface area (Å²) >= 11 is 0. The molecule has 0 saturated carbocycles. The zero-order chi connectivity index (χ0) is 20.6. The number of rotatable bonds is 7. The minimum absolute atomic E-state index is 0.154. The summed E-state index contributed by atoms with van der Waals surface area (Å²) in [5.74, 6) is 5.51. The summed E-state index contributed by atoms with van der Waals surface area (Å²) < 4.78 is 10.5. The van der Waals surface area contributed by atoms with Crippen LogP contribution in [-0.2, 0) is 14.3 Å². The number of carbonyl (C=O) groups excluding carboxylic acids is 2. The molecule has 146 valence electrons. The van der Waals surface area contributed by atoms with Crippen molar-refractivity contribution in [2.75, 3.05) is 25.2 Å². The summed E-state index contributed by atoms with van der Waals surface area (Å²) in [6, 6.07) is 16.4. The Bertz CT molecular complexity index is 865. The van der Waals surface area contributed by atoms with Crippen molar-refractivity contribution in [3.05, 3.63) is 60.2 Å². The van der Waals surface area contributed by atoms with E-state index in [0.29, 0.717) is 23.5 Å². The number of anilines is 1. The Kier molecular flexibility index (Phi) is 7.22. The van der Waals surface area contributed by atoms with E-state index in [-0.39, 0.29) is 6.61 Å². The van der Waals surface area contributed by atoms with Crippen molar-refractivity contribution in [1.82, 2.24) is 0 Å². The maximum Gasteiger partial charge on any atom is 0.352 e.